The van der Waals surface area contributed by atoms with Crippen LogP contribution in [0.3, 0.4) is 0 Å². The first-order valence-corrected chi connectivity index (χ1v) is 9.54. The molecule has 150 valence electrons. The minimum absolute atomic E-state index is 0.00255. The number of halogens is 1. The highest BCUT2D eigenvalue weighted by Gasteiger charge is 2.33. The van der Waals surface area contributed by atoms with Crippen LogP contribution in [0.4, 0.5) is 5.82 Å². The predicted molar refractivity (Wildman–Crippen MR) is 106 cm³/mol. The average Bonchev–Trinajstić information content (AvgIpc) is 3.09. The molecular formula is C19H23ClN4O4. The number of pyridine rings is 1. The van der Waals surface area contributed by atoms with E-state index in [0.717, 1.165) is 12.0 Å². The van der Waals surface area contributed by atoms with Crippen molar-refractivity contribution in [3.8, 4) is 0 Å². The molecule has 0 unspecified atom stereocenters. The molecule has 2 aliphatic rings. The van der Waals surface area contributed by atoms with E-state index in [1.807, 2.05) is 11.8 Å². The number of aromatic nitrogens is 1. The van der Waals surface area contributed by atoms with E-state index in [1.165, 1.54) is 6.07 Å². The van der Waals surface area contributed by atoms with E-state index in [4.69, 9.17) is 21.4 Å². The number of aliphatic imine (C=N–C) groups is 1. The van der Waals surface area contributed by atoms with Crippen molar-refractivity contribution >= 4 is 35.0 Å². The molecule has 2 atom stereocenters. The van der Waals surface area contributed by atoms with Crippen molar-refractivity contribution in [2.24, 2.45) is 4.99 Å². The average molecular weight is 407 g/mol. The van der Waals surface area contributed by atoms with Gasteiger partial charge in [0, 0.05) is 26.6 Å². The largest absolute Gasteiger partial charge is 0.477 e. The van der Waals surface area contributed by atoms with Gasteiger partial charge in [-0.1, -0.05) is 24.6 Å². The van der Waals surface area contributed by atoms with Crippen molar-refractivity contribution in [1.29, 1.82) is 0 Å². The van der Waals surface area contributed by atoms with E-state index in [0.29, 0.717) is 42.6 Å². The third-order valence-electron chi connectivity index (χ3n) is 5.05. The first-order chi connectivity index (χ1) is 13.4. The standard InChI is InChI=1S/C19H23ClN4O4/c1-3-11-9-14(22-17(11)20)18(25)23-12-7-8-24(10-15(12)28-2)16-6-4-5-13(21-16)19(26)27/h4-6,12,15H,3,7-10H2,1-2H3,(H,23,25)(H,26,27)/t12-,15+/m1/s1. The number of hydrogen-bond acceptors (Lipinski definition) is 6. The maximum Gasteiger partial charge on any atom is 0.354 e. The number of nitrogens with one attached hydrogen (secondary N) is 1. The van der Waals surface area contributed by atoms with Gasteiger partial charge in [0.05, 0.1) is 12.1 Å². The number of methoxy groups -OCH3 is 1. The second kappa shape index (κ2) is 8.70. The molecule has 0 radical (unpaired) electrons. The van der Waals surface area contributed by atoms with Gasteiger partial charge in [0.2, 0.25) is 0 Å². The second-order valence-corrected chi connectivity index (χ2v) is 7.12. The zero-order valence-electron chi connectivity index (χ0n) is 15.8. The summed E-state index contributed by atoms with van der Waals surface area (Å²) < 4.78 is 5.58. The van der Waals surface area contributed by atoms with Crippen molar-refractivity contribution < 1.29 is 19.4 Å². The number of carbonyl (C=O) groups excluding carboxylic acids is 1. The lowest BCUT2D eigenvalue weighted by molar-refractivity contribution is -0.116. The van der Waals surface area contributed by atoms with Crippen LogP contribution in [0.5, 0.6) is 0 Å². The van der Waals surface area contributed by atoms with E-state index in [-0.39, 0.29) is 23.7 Å². The number of ether oxygens (including phenoxy) is 1. The number of hydrogen-bond donors (Lipinski definition) is 2. The Morgan fingerprint density at radius 2 is 2.21 bits per heavy atom. The van der Waals surface area contributed by atoms with E-state index >= 15 is 0 Å². The van der Waals surface area contributed by atoms with Crippen LogP contribution in [0, 0.1) is 0 Å². The number of aromatic carboxylic acids is 1. The highest BCUT2D eigenvalue weighted by atomic mass is 35.5. The molecule has 0 aliphatic carbocycles. The quantitative estimate of drug-likeness (QED) is 0.702. The molecule has 1 aromatic heterocycles. The molecule has 8 nitrogen and oxygen atoms in total. The molecule has 1 aromatic rings. The summed E-state index contributed by atoms with van der Waals surface area (Å²) >= 11 is 6.07. The predicted octanol–water partition coefficient (Wildman–Crippen LogP) is 2.19. The summed E-state index contributed by atoms with van der Waals surface area (Å²) in [5, 5.41) is 12.5. The zero-order chi connectivity index (χ0) is 20.3. The van der Waals surface area contributed by atoms with Crippen LogP contribution in [0.15, 0.2) is 33.9 Å². The Hall–Kier alpha value is -2.45. The van der Waals surface area contributed by atoms with Crippen molar-refractivity contribution in [1.82, 2.24) is 10.3 Å². The molecule has 3 heterocycles. The molecule has 2 N–H and O–H groups in total. The van der Waals surface area contributed by atoms with Crippen LogP contribution in [0.1, 0.15) is 36.7 Å². The van der Waals surface area contributed by atoms with Gasteiger partial charge in [-0.2, -0.15) is 0 Å². The van der Waals surface area contributed by atoms with Gasteiger partial charge in [0.15, 0.2) is 5.69 Å². The lowest BCUT2D eigenvalue weighted by Crippen LogP contribution is -2.56. The number of piperidine rings is 1. The maximum absolute atomic E-state index is 12.6. The summed E-state index contributed by atoms with van der Waals surface area (Å²) in [5.74, 6) is -0.716. The molecule has 28 heavy (non-hydrogen) atoms. The van der Waals surface area contributed by atoms with Gasteiger partial charge in [-0.25, -0.2) is 14.8 Å². The SMILES string of the molecule is CCC1=C(Cl)N=C(C(=O)N[C@@H]2CCN(c3cccc(C(=O)O)n3)C[C@@H]2OC)C1. The van der Waals surface area contributed by atoms with Crippen molar-refractivity contribution in [2.75, 3.05) is 25.1 Å². The minimum Gasteiger partial charge on any atom is -0.477 e. The summed E-state index contributed by atoms with van der Waals surface area (Å²) in [4.78, 5) is 34.1. The van der Waals surface area contributed by atoms with Gasteiger partial charge in [0.25, 0.3) is 5.91 Å². The number of carboxylic acid groups (broad SMARTS) is 1. The Morgan fingerprint density at radius 3 is 2.86 bits per heavy atom. The molecular weight excluding hydrogens is 384 g/mol. The van der Waals surface area contributed by atoms with Gasteiger partial charge in [0.1, 0.15) is 16.7 Å². The third kappa shape index (κ3) is 4.34. The highest BCUT2D eigenvalue weighted by molar-refractivity contribution is 6.43. The minimum atomic E-state index is -1.07. The van der Waals surface area contributed by atoms with Crippen LogP contribution in [0.25, 0.3) is 0 Å². The highest BCUT2D eigenvalue weighted by Crippen LogP contribution is 2.26. The van der Waals surface area contributed by atoms with Gasteiger partial charge < -0.3 is 20.1 Å². The summed E-state index contributed by atoms with van der Waals surface area (Å²) in [6.07, 6.45) is 1.62. The summed E-state index contributed by atoms with van der Waals surface area (Å²) in [6, 6.07) is 4.72. The second-order valence-electron chi connectivity index (χ2n) is 6.76. The number of nitrogens with zero attached hydrogens (tertiary/aromatic N) is 3. The smallest absolute Gasteiger partial charge is 0.354 e. The fourth-order valence-corrected chi connectivity index (χ4v) is 3.72. The Kier molecular flexibility index (Phi) is 6.31. The topological polar surface area (TPSA) is 104 Å². The number of allylic oxidation sites excluding steroid dienone is 1. The molecule has 0 bridgehead atoms. The molecule has 0 saturated carbocycles. The lowest BCUT2D eigenvalue weighted by Gasteiger charge is -2.38. The number of carbonyl (C=O) groups is 2. The summed E-state index contributed by atoms with van der Waals surface area (Å²) in [5.41, 5.74) is 1.39. The Balaban J connectivity index is 1.64. The molecule has 1 amide bonds. The van der Waals surface area contributed by atoms with E-state index in [9.17, 15) is 9.59 Å². The van der Waals surface area contributed by atoms with E-state index in [1.54, 1.807) is 19.2 Å². The number of amides is 1. The van der Waals surface area contributed by atoms with Gasteiger partial charge in [-0.05, 0) is 30.5 Å². The zero-order valence-corrected chi connectivity index (χ0v) is 16.6. The Labute approximate surface area is 168 Å². The molecule has 3 rings (SSSR count). The normalized spacial score (nSPS) is 22.2. The molecule has 0 spiro atoms. The van der Waals surface area contributed by atoms with Gasteiger partial charge >= 0.3 is 5.97 Å². The van der Waals surface area contributed by atoms with Crippen molar-refractivity contribution in [3.63, 3.8) is 0 Å². The Bertz CT molecular complexity index is 839. The number of rotatable bonds is 6. The molecule has 0 aromatic carbocycles. The van der Waals surface area contributed by atoms with Gasteiger partial charge in [-0.15, -0.1) is 0 Å². The number of anilines is 1. The van der Waals surface area contributed by atoms with Crippen molar-refractivity contribution in [2.45, 2.75) is 38.3 Å². The van der Waals surface area contributed by atoms with Crippen LogP contribution in [0.2, 0.25) is 0 Å². The van der Waals surface area contributed by atoms with Crippen LogP contribution in [-0.4, -0.2) is 60.0 Å². The molecule has 9 heteroatoms. The van der Waals surface area contributed by atoms with Crippen LogP contribution in [-0.2, 0) is 9.53 Å². The van der Waals surface area contributed by atoms with Gasteiger partial charge in [-0.3, -0.25) is 4.79 Å². The summed E-state index contributed by atoms with van der Waals surface area (Å²) in [6.45, 7) is 3.09. The fraction of sp³-hybridized carbons (Fsp3) is 0.474. The Morgan fingerprint density at radius 1 is 1.43 bits per heavy atom. The first-order valence-electron chi connectivity index (χ1n) is 9.17. The lowest BCUT2D eigenvalue weighted by atomic mass is 10.0. The molecule has 2 aliphatic heterocycles. The monoisotopic (exact) mass is 406 g/mol. The van der Waals surface area contributed by atoms with E-state index < -0.39 is 5.97 Å². The number of carboxylic acids is 1. The van der Waals surface area contributed by atoms with Crippen molar-refractivity contribution in [3.05, 3.63) is 34.6 Å². The maximum atomic E-state index is 12.6. The fourth-order valence-electron chi connectivity index (χ4n) is 3.41. The van der Waals surface area contributed by atoms with E-state index in [2.05, 4.69) is 15.3 Å². The first kappa shape index (κ1) is 20.3. The molecule has 1 fully saturated rings. The van der Waals surface area contributed by atoms with Crippen LogP contribution >= 0.6 is 11.6 Å². The summed E-state index contributed by atoms with van der Waals surface area (Å²) in [7, 11) is 1.59. The third-order valence-corrected chi connectivity index (χ3v) is 5.40. The molecule has 1 saturated heterocycles. The van der Waals surface area contributed by atoms with Crippen LogP contribution < -0.4 is 10.2 Å².